The zero-order chi connectivity index (χ0) is 18.0. The van der Waals surface area contributed by atoms with Crippen LogP contribution in [0.1, 0.15) is 62.8 Å². The number of aryl methyl sites for hydroxylation is 2. The van der Waals surface area contributed by atoms with Crippen LogP contribution in [0, 0.1) is 35.8 Å². The molecular formula is C18H27N3O4. The molecule has 0 saturated heterocycles. The number of hydrogen-bond acceptors (Lipinski definition) is 5. The Labute approximate surface area is 147 Å². The first-order valence-corrected chi connectivity index (χ1v) is 9.33. The SMILES string of the molecule is Cc1nn(CCC(=O)O[C@@H]2CC[C@H]3CCCC[C@H]3C2)c(C)c1[N+](=O)[O-]. The van der Waals surface area contributed by atoms with Gasteiger partial charge < -0.3 is 4.74 Å². The van der Waals surface area contributed by atoms with E-state index in [1.807, 2.05) is 0 Å². The van der Waals surface area contributed by atoms with Crippen molar-refractivity contribution in [1.82, 2.24) is 9.78 Å². The van der Waals surface area contributed by atoms with Gasteiger partial charge in [0.2, 0.25) is 0 Å². The van der Waals surface area contributed by atoms with Gasteiger partial charge in [-0.15, -0.1) is 0 Å². The van der Waals surface area contributed by atoms with Crippen molar-refractivity contribution in [2.24, 2.45) is 11.8 Å². The summed E-state index contributed by atoms with van der Waals surface area (Å²) in [6.07, 6.45) is 8.65. The van der Waals surface area contributed by atoms with Crippen LogP contribution in [0.2, 0.25) is 0 Å². The molecule has 3 atom stereocenters. The lowest BCUT2D eigenvalue weighted by molar-refractivity contribution is -0.386. The Kier molecular flexibility index (Phi) is 5.39. The van der Waals surface area contributed by atoms with Gasteiger partial charge in [-0.05, 0) is 44.9 Å². The van der Waals surface area contributed by atoms with E-state index in [9.17, 15) is 14.9 Å². The number of esters is 1. The summed E-state index contributed by atoms with van der Waals surface area (Å²) in [6.45, 7) is 3.59. The van der Waals surface area contributed by atoms with Crippen LogP contribution in [-0.2, 0) is 16.1 Å². The van der Waals surface area contributed by atoms with E-state index in [4.69, 9.17) is 4.74 Å². The smallest absolute Gasteiger partial charge is 0.312 e. The van der Waals surface area contributed by atoms with Crippen molar-refractivity contribution in [2.75, 3.05) is 0 Å². The summed E-state index contributed by atoms with van der Waals surface area (Å²) in [4.78, 5) is 22.8. The number of fused-ring (bicyclic) bond motifs is 1. The van der Waals surface area contributed by atoms with E-state index in [2.05, 4.69) is 5.10 Å². The van der Waals surface area contributed by atoms with Gasteiger partial charge in [-0.25, -0.2) is 0 Å². The largest absolute Gasteiger partial charge is 0.462 e. The molecule has 2 fully saturated rings. The predicted molar refractivity (Wildman–Crippen MR) is 92.2 cm³/mol. The van der Waals surface area contributed by atoms with Gasteiger partial charge in [0.05, 0.1) is 17.9 Å². The van der Waals surface area contributed by atoms with E-state index in [1.54, 1.807) is 13.8 Å². The molecule has 7 nitrogen and oxygen atoms in total. The number of rotatable bonds is 5. The summed E-state index contributed by atoms with van der Waals surface area (Å²) in [7, 11) is 0. The summed E-state index contributed by atoms with van der Waals surface area (Å²) in [5, 5.41) is 15.2. The first-order valence-electron chi connectivity index (χ1n) is 9.33. The highest BCUT2D eigenvalue weighted by Crippen LogP contribution is 2.41. The number of carbonyl (C=O) groups is 1. The van der Waals surface area contributed by atoms with Crippen molar-refractivity contribution >= 4 is 11.7 Å². The van der Waals surface area contributed by atoms with Crippen molar-refractivity contribution in [2.45, 2.75) is 77.9 Å². The van der Waals surface area contributed by atoms with Gasteiger partial charge in [-0.2, -0.15) is 5.10 Å². The zero-order valence-corrected chi connectivity index (χ0v) is 15.1. The number of aromatic nitrogens is 2. The lowest BCUT2D eigenvalue weighted by atomic mass is 9.70. The summed E-state index contributed by atoms with van der Waals surface area (Å²) in [5.41, 5.74) is 0.897. The van der Waals surface area contributed by atoms with Crippen molar-refractivity contribution in [3.8, 4) is 0 Å². The summed E-state index contributed by atoms with van der Waals surface area (Å²) < 4.78 is 7.21. The molecule has 2 saturated carbocycles. The van der Waals surface area contributed by atoms with E-state index in [1.165, 1.54) is 36.8 Å². The molecule has 0 bridgehead atoms. The third-order valence-corrected chi connectivity index (χ3v) is 5.84. The van der Waals surface area contributed by atoms with Crippen LogP contribution in [0.5, 0.6) is 0 Å². The fourth-order valence-corrected chi connectivity index (χ4v) is 4.55. The van der Waals surface area contributed by atoms with Crippen molar-refractivity contribution in [1.29, 1.82) is 0 Å². The van der Waals surface area contributed by atoms with Crippen LogP contribution in [0.4, 0.5) is 5.69 Å². The van der Waals surface area contributed by atoms with E-state index in [-0.39, 0.29) is 24.2 Å². The zero-order valence-electron chi connectivity index (χ0n) is 15.1. The van der Waals surface area contributed by atoms with Crippen LogP contribution < -0.4 is 0 Å². The van der Waals surface area contributed by atoms with Crippen LogP contribution in [0.25, 0.3) is 0 Å². The summed E-state index contributed by atoms with van der Waals surface area (Å²) >= 11 is 0. The van der Waals surface area contributed by atoms with E-state index < -0.39 is 4.92 Å². The second kappa shape index (κ2) is 7.54. The molecule has 7 heteroatoms. The second-order valence-corrected chi connectivity index (χ2v) is 7.48. The van der Waals surface area contributed by atoms with E-state index >= 15 is 0 Å². The number of nitro groups is 1. The van der Waals surface area contributed by atoms with Crippen molar-refractivity contribution in [3.05, 3.63) is 21.5 Å². The van der Waals surface area contributed by atoms with Gasteiger partial charge in [0.1, 0.15) is 17.5 Å². The van der Waals surface area contributed by atoms with Crippen LogP contribution in [0.3, 0.4) is 0 Å². The molecule has 0 amide bonds. The molecule has 1 aromatic heterocycles. The van der Waals surface area contributed by atoms with Gasteiger partial charge in [0, 0.05) is 0 Å². The Morgan fingerprint density at radius 2 is 1.96 bits per heavy atom. The number of nitrogens with zero attached hydrogens (tertiary/aromatic N) is 3. The Hall–Kier alpha value is -1.92. The maximum atomic E-state index is 12.2. The number of carbonyl (C=O) groups excluding carboxylic acids is 1. The maximum absolute atomic E-state index is 12.2. The molecule has 3 rings (SSSR count). The quantitative estimate of drug-likeness (QED) is 0.459. The van der Waals surface area contributed by atoms with Crippen LogP contribution in [-0.4, -0.2) is 26.8 Å². The molecule has 1 aromatic rings. The van der Waals surface area contributed by atoms with Crippen molar-refractivity contribution in [3.63, 3.8) is 0 Å². The average molecular weight is 349 g/mol. The molecule has 0 spiro atoms. The topological polar surface area (TPSA) is 87.3 Å². The number of ether oxygens (including phenoxy) is 1. The molecule has 0 aromatic carbocycles. The highest BCUT2D eigenvalue weighted by molar-refractivity contribution is 5.69. The average Bonchev–Trinajstić information content (AvgIpc) is 2.86. The molecule has 2 aliphatic rings. The van der Waals surface area contributed by atoms with Crippen molar-refractivity contribution < 1.29 is 14.5 Å². The normalized spacial score (nSPS) is 26.1. The van der Waals surface area contributed by atoms with Crippen LogP contribution >= 0.6 is 0 Å². The molecule has 1 heterocycles. The first kappa shape index (κ1) is 17.9. The Balaban J connectivity index is 1.50. The lowest BCUT2D eigenvalue weighted by Crippen LogP contribution is -2.33. The Morgan fingerprint density at radius 1 is 1.24 bits per heavy atom. The summed E-state index contributed by atoms with van der Waals surface area (Å²) in [5.74, 6) is 1.33. The monoisotopic (exact) mass is 349 g/mol. The highest BCUT2D eigenvalue weighted by Gasteiger charge is 2.33. The molecule has 25 heavy (non-hydrogen) atoms. The van der Waals surface area contributed by atoms with Crippen LogP contribution in [0.15, 0.2) is 0 Å². The highest BCUT2D eigenvalue weighted by atomic mass is 16.6. The molecule has 0 unspecified atom stereocenters. The standard InChI is InChI=1S/C18H27N3O4/c1-12-18(21(23)24)13(2)20(19-12)10-9-17(22)25-16-8-7-14-5-3-4-6-15(14)11-16/h14-16H,3-11H2,1-2H3/t14-,15+,16-/m1/s1. The molecule has 0 N–H and O–H groups in total. The third kappa shape index (κ3) is 4.02. The maximum Gasteiger partial charge on any atom is 0.312 e. The number of hydrogen-bond donors (Lipinski definition) is 0. The van der Waals surface area contributed by atoms with E-state index in [0.717, 1.165) is 24.7 Å². The van der Waals surface area contributed by atoms with Gasteiger partial charge in [0.25, 0.3) is 0 Å². The molecule has 0 radical (unpaired) electrons. The van der Waals surface area contributed by atoms with Gasteiger partial charge in [-0.1, -0.05) is 25.7 Å². The minimum absolute atomic E-state index is 0.0315. The summed E-state index contributed by atoms with van der Waals surface area (Å²) in [6, 6.07) is 0. The third-order valence-electron chi connectivity index (χ3n) is 5.84. The van der Waals surface area contributed by atoms with Gasteiger partial charge >= 0.3 is 11.7 Å². The first-order chi connectivity index (χ1) is 12.0. The minimum atomic E-state index is -0.422. The molecule has 2 aliphatic carbocycles. The fraction of sp³-hybridized carbons (Fsp3) is 0.778. The molecular weight excluding hydrogens is 322 g/mol. The minimum Gasteiger partial charge on any atom is -0.462 e. The van der Waals surface area contributed by atoms with E-state index in [0.29, 0.717) is 17.9 Å². The second-order valence-electron chi connectivity index (χ2n) is 7.48. The predicted octanol–water partition coefficient (Wildman–Crippen LogP) is 3.70. The van der Waals surface area contributed by atoms with Gasteiger partial charge in [0.15, 0.2) is 0 Å². The Morgan fingerprint density at radius 3 is 2.64 bits per heavy atom. The van der Waals surface area contributed by atoms with Gasteiger partial charge in [-0.3, -0.25) is 19.6 Å². The Bertz CT molecular complexity index is 655. The molecule has 138 valence electrons. The lowest BCUT2D eigenvalue weighted by Gasteiger charge is -2.38. The fourth-order valence-electron chi connectivity index (χ4n) is 4.55. The molecule has 0 aliphatic heterocycles.